The molecule has 0 saturated carbocycles. The summed E-state index contributed by atoms with van der Waals surface area (Å²) in [4.78, 5) is 25.5. The van der Waals surface area contributed by atoms with Gasteiger partial charge in [-0.15, -0.1) is 0 Å². The summed E-state index contributed by atoms with van der Waals surface area (Å²) in [6.45, 7) is 1.34. The molecule has 2 aromatic heterocycles. The van der Waals surface area contributed by atoms with Crippen LogP contribution in [0.2, 0.25) is 0 Å². The van der Waals surface area contributed by atoms with Crippen LogP contribution in [0.15, 0.2) is 29.2 Å². The van der Waals surface area contributed by atoms with Crippen molar-refractivity contribution in [2.75, 3.05) is 18.4 Å². The highest BCUT2D eigenvalue weighted by molar-refractivity contribution is 5.88. The summed E-state index contributed by atoms with van der Waals surface area (Å²) in [5, 5.41) is 11.2. The minimum atomic E-state index is -0.212. The number of piperidine rings is 1. The fourth-order valence-corrected chi connectivity index (χ4v) is 2.81. The number of anilines is 1. The van der Waals surface area contributed by atoms with Gasteiger partial charge in [0.05, 0.1) is 5.69 Å². The van der Waals surface area contributed by atoms with Gasteiger partial charge in [0, 0.05) is 45.4 Å². The van der Waals surface area contributed by atoms with E-state index in [1.165, 1.54) is 16.8 Å². The van der Waals surface area contributed by atoms with Gasteiger partial charge in [-0.05, 0) is 25.0 Å². The summed E-state index contributed by atoms with van der Waals surface area (Å²) in [5.74, 6) is 0.626. The Morgan fingerprint density at radius 3 is 2.78 bits per heavy atom. The average Bonchev–Trinajstić information content (AvgIpc) is 2.98. The number of aryl methyl sites for hydroxylation is 2. The lowest BCUT2D eigenvalue weighted by molar-refractivity contribution is 0.192. The number of nitrogens with one attached hydrogen (secondary N) is 1. The molecule has 2 amide bonds. The molecule has 23 heavy (non-hydrogen) atoms. The lowest BCUT2D eigenvalue weighted by Gasteiger charge is -2.31. The molecule has 1 N–H and O–H groups in total. The fourth-order valence-electron chi connectivity index (χ4n) is 2.81. The van der Waals surface area contributed by atoms with E-state index >= 15 is 0 Å². The van der Waals surface area contributed by atoms with Crippen molar-refractivity contribution in [2.45, 2.75) is 18.8 Å². The van der Waals surface area contributed by atoms with Gasteiger partial charge in [0.1, 0.15) is 0 Å². The number of aromatic nitrogens is 4. The van der Waals surface area contributed by atoms with Crippen LogP contribution in [-0.4, -0.2) is 43.6 Å². The van der Waals surface area contributed by atoms with Crippen LogP contribution in [-0.2, 0) is 14.1 Å². The van der Waals surface area contributed by atoms with E-state index in [1.54, 1.807) is 16.6 Å². The molecule has 2 aromatic rings. The largest absolute Gasteiger partial charge is 0.324 e. The number of nitrogens with zero attached hydrogens (tertiary/aromatic N) is 5. The first-order valence-electron chi connectivity index (χ1n) is 7.63. The van der Waals surface area contributed by atoms with Crippen LogP contribution in [0.4, 0.5) is 10.6 Å². The molecule has 8 nitrogen and oxygen atoms in total. The van der Waals surface area contributed by atoms with E-state index in [9.17, 15) is 9.59 Å². The van der Waals surface area contributed by atoms with Crippen LogP contribution in [0.25, 0.3) is 0 Å². The first-order chi connectivity index (χ1) is 11.0. The van der Waals surface area contributed by atoms with Crippen molar-refractivity contribution in [3.8, 4) is 0 Å². The van der Waals surface area contributed by atoms with Gasteiger partial charge in [0.25, 0.3) is 5.56 Å². The number of amides is 2. The molecule has 0 radical (unpaired) electrons. The molecule has 122 valence electrons. The van der Waals surface area contributed by atoms with Crippen LogP contribution >= 0.6 is 0 Å². The molecule has 1 fully saturated rings. The maximum atomic E-state index is 12.4. The second-order valence-electron chi connectivity index (χ2n) is 5.81. The zero-order valence-corrected chi connectivity index (χ0v) is 13.3. The van der Waals surface area contributed by atoms with Gasteiger partial charge < -0.3 is 4.90 Å². The van der Waals surface area contributed by atoms with Crippen molar-refractivity contribution >= 4 is 11.8 Å². The predicted molar refractivity (Wildman–Crippen MR) is 85.3 cm³/mol. The van der Waals surface area contributed by atoms with Crippen molar-refractivity contribution in [1.29, 1.82) is 0 Å². The van der Waals surface area contributed by atoms with Gasteiger partial charge in [-0.3, -0.25) is 14.8 Å². The molecule has 1 aliphatic heterocycles. The molecule has 0 aliphatic carbocycles. The van der Waals surface area contributed by atoms with Crippen LogP contribution < -0.4 is 10.9 Å². The first kappa shape index (κ1) is 15.3. The molecule has 8 heteroatoms. The van der Waals surface area contributed by atoms with Crippen molar-refractivity contribution < 1.29 is 4.79 Å². The Balaban J connectivity index is 1.67. The summed E-state index contributed by atoms with van der Waals surface area (Å²) >= 11 is 0. The second-order valence-corrected chi connectivity index (χ2v) is 5.81. The molecule has 1 aliphatic rings. The van der Waals surface area contributed by atoms with Crippen LogP contribution in [0.1, 0.15) is 24.5 Å². The van der Waals surface area contributed by atoms with Crippen molar-refractivity contribution in [2.24, 2.45) is 14.1 Å². The van der Waals surface area contributed by atoms with Crippen LogP contribution in [0, 0.1) is 0 Å². The molecular formula is C15H20N6O2. The SMILES string of the molecule is Cn1ccc([C@H]2CCCN(C(=O)Nc3ccc(=O)n(C)n3)C2)n1. The highest BCUT2D eigenvalue weighted by Gasteiger charge is 2.26. The van der Waals surface area contributed by atoms with Crippen molar-refractivity contribution in [3.05, 3.63) is 40.4 Å². The molecule has 1 atom stereocenters. The van der Waals surface area contributed by atoms with Crippen LogP contribution in [0.3, 0.4) is 0 Å². The highest BCUT2D eigenvalue weighted by atomic mass is 16.2. The quantitative estimate of drug-likeness (QED) is 0.893. The van der Waals surface area contributed by atoms with Gasteiger partial charge in [-0.1, -0.05) is 0 Å². The smallest absolute Gasteiger partial charge is 0.323 e. The zero-order valence-electron chi connectivity index (χ0n) is 13.3. The Morgan fingerprint density at radius 2 is 2.09 bits per heavy atom. The van der Waals surface area contributed by atoms with E-state index in [0.29, 0.717) is 18.9 Å². The minimum Gasteiger partial charge on any atom is -0.324 e. The third kappa shape index (κ3) is 3.41. The molecule has 0 spiro atoms. The standard InChI is InChI=1S/C15H20N6O2/c1-19-9-7-12(17-19)11-4-3-8-21(10-11)15(23)16-13-5-6-14(22)20(2)18-13/h5-7,9,11H,3-4,8,10H2,1-2H3,(H,16,18,23)/t11-/m0/s1. The van der Waals surface area contributed by atoms with E-state index in [-0.39, 0.29) is 17.5 Å². The maximum Gasteiger partial charge on any atom is 0.323 e. The predicted octanol–water partition coefficient (Wildman–Crippen LogP) is 0.925. The average molecular weight is 316 g/mol. The second kappa shape index (κ2) is 6.23. The summed E-state index contributed by atoms with van der Waals surface area (Å²) < 4.78 is 2.98. The van der Waals surface area contributed by atoms with E-state index in [0.717, 1.165) is 18.5 Å². The zero-order chi connectivity index (χ0) is 16.4. The molecule has 3 rings (SSSR count). The number of rotatable bonds is 2. The van der Waals surface area contributed by atoms with Crippen molar-refractivity contribution in [1.82, 2.24) is 24.5 Å². The fraction of sp³-hybridized carbons (Fsp3) is 0.467. The molecule has 0 unspecified atom stereocenters. The Hall–Kier alpha value is -2.64. The topological polar surface area (TPSA) is 85.0 Å². The van der Waals surface area contributed by atoms with Gasteiger partial charge in [-0.25, -0.2) is 9.48 Å². The molecule has 0 bridgehead atoms. The molecule has 1 saturated heterocycles. The van der Waals surface area contributed by atoms with Gasteiger partial charge >= 0.3 is 6.03 Å². The number of carbonyl (C=O) groups excluding carboxylic acids is 1. The number of hydrogen-bond acceptors (Lipinski definition) is 4. The normalized spacial score (nSPS) is 18.0. The lowest BCUT2D eigenvalue weighted by atomic mass is 9.95. The van der Waals surface area contributed by atoms with Gasteiger partial charge in [0.2, 0.25) is 0 Å². The van der Waals surface area contributed by atoms with Gasteiger partial charge in [-0.2, -0.15) is 10.2 Å². The van der Waals surface area contributed by atoms with Gasteiger partial charge in [0.15, 0.2) is 5.82 Å². The maximum absolute atomic E-state index is 12.4. The van der Waals surface area contributed by atoms with Crippen LogP contribution in [0.5, 0.6) is 0 Å². The first-order valence-corrected chi connectivity index (χ1v) is 7.63. The molecule has 3 heterocycles. The third-order valence-electron chi connectivity index (χ3n) is 4.06. The summed E-state index contributed by atoms with van der Waals surface area (Å²) in [7, 11) is 3.44. The van der Waals surface area contributed by atoms with E-state index in [4.69, 9.17) is 0 Å². The van der Waals surface area contributed by atoms with E-state index in [1.807, 2.05) is 19.3 Å². The summed E-state index contributed by atoms with van der Waals surface area (Å²) in [6, 6.07) is 4.70. The van der Waals surface area contributed by atoms with E-state index in [2.05, 4.69) is 15.5 Å². The highest BCUT2D eigenvalue weighted by Crippen LogP contribution is 2.25. The monoisotopic (exact) mass is 316 g/mol. The number of urea groups is 1. The Bertz CT molecular complexity index is 765. The minimum absolute atomic E-state index is 0.197. The molecular weight excluding hydrogens is 296 g/mol. The number of hydrogen-bond donors (Lipinski definition) is 1. The summed E-state index contributed by atoms with van der Waals surface area (Å²) in [6.07, 6.45) is 3.89. The Morgan fingerprint density at radius 1 is 1.26 bits per heavy atom. The molecule has 0 aromatic carbocycles. The Kier molecular flexibility index (Phi) is 4.14. The number of carbonyl (C=O) groups is 1. The Labute approximate surface area is 133 Å². The summed E-state index contributed by atoms with van der Waals surface area (Å²) in [5.41, 5.74) is 0.807. The van der Waals surface area contributed by atoms with Crippen molar-refractivity contribution in [3.63, 3.8) is 0 Å². The number of likely N-dealkylation sites (tertiary alicyclic amines) is 1. The van der Waals surface area contributed by atoms with E-state index < -0.39 is 0 Å². The third-order valence-corrected chi connectivity index (χ3v) is 4.06. The lowest BCUT2D eigenvalue weighted by Crippen LogP contribution is -2.42.